The number of pyridine rings is 1. The topological polar surface area (TPSA) is 102 Å². The van der Waals surface area contributed by atoms with Crippen LogP contribution in [-0.2, 0) is 15.7 Å². The number of alkyl halides is 3. The maximum atomic E-state index is 13.0. The van der Waals surface area contributed by atoms with Gasteiger partial charge < -0.3 is 20.7 Å². The van der Waals surface area contributed by atoms with Gasteiger partial charge in [-0.15, -0.1) is 0 Å². The second-order valence-electron chi connectivity index (χ2n) is 7.90. The lowest BCUT2D eigenvalue weighted by molar-refractivity contribution is -0.137. The molecule has 1 aliphatic carbocycles. The number of ether oxygens (including phenoxy) is 1. The number of benzene rings is 1. The summed E-state index contributed by atoms with van der Waals surface area (Å²) in [5.41, 5.74) is 0.808. The highest BCUT2D eigenvalue weighted by atomic mass is 19.4. The molecule has 1 fully saturated rings. The van der Waals surface area contributed by atoms with Gasteiger partial charge in [-0.1, -0.05) is 12.1 Å². The fraction of sp³-hybridized carbons (Fsp3) is 0.348. The maximum absolute atomic E-state index is 13.0. The lowest BCUT2D eigenvalue weighted by atomic mass is 9.89. The highest BCUT2D eigenvalue weighted by Gasteiger charge is 2.33. The second kappa shape index (κ2) is 9.22. The minimum Gasteiger partial charge on any atom is -0.501 e. The van der Waals surface area contributed by atoms with Crippen molar-refractivity contribution in [3.05, 3.63) is 70.7 Å². The largest absolute Gasteiger partial charge is 0.501 e. The molecule has 1 aliphatic heterocycles. The van der Waals surface area contributed by atoms with Crippen LogP contribution in [0.4, 0.5) is 23.7 Å². The Balaban J connectivity index is 1.61. The van der Waals surface area contributed by atoms with E-state index in [-0.39, 0.29) is 17.5 Å². The lowest BCUT2D eigenvalue weighted by Gasteiger charge is -2.26. The van der Waals surface area contributed by atoms with Gasteiger partial charge in [0.15, 0.2) is 5.78 Å². The number of hydrogen-bond acceptors (Lipinski definition) is 5. The number of methoxy groups -OCH3 is 1. The predicted molar refractivity (Wildman–Crippen MR) is 114 cm³/mol. The lowest BCUT2D eigenvalue weighted by Crippen LogP contribution is -2.37. The number of carbonyl (C=O) groups is 2. The van der Waals surface area contributed by atoms with Gasteiger partial charge in [-0.2, -0.15) is 13.2 Å². The Morgan fingerprint density at radius 3 is 2.67 bits per heavy atom. The molecule has 2 heterocycles. The molecule has 0 spiro atoms. The Bertz CT molecular complexity index is 1080. The van der Waals surface area contributed by atoms with Crippen molar-refractivity contribution < 1.29 is 27.5 Å². The molecule has 2 aromatic rings. The van der Waals surface area contributed by atoms with Gasteiger partial charge >= 0.3 is 12.2 Å². The summed E-state index contributed by atoms with van der Waals surface area (Å²) in [6.45, 7) is 0.861. The summed E-state index contributed by atoms with van der Waals surface area (Å²) in [5.74, 6) is 0.294. The molecule has 2 amide bonds. The van der Waals surface area contributed by atoms with Crippen LogP contribution in [0, 0.1) is 0 Å². The van der Waals surface area contributed by atoms with Crippen molar-refractivity contribution in [1.29, 1.82) is 0 Å². The molecule has 0 saturated carbocycles. The van der Waals surface area contributed by atoms with Crippen LogP contribution in [0.2, 0.25) is 0 Å². The molecule has 2 aliphatic rings. The van der Waals surface area contributed by atoms with E-state index in [0.29, 0.717) is 36.3 Å². The number of amides is 2. The van der Waals surface area contributed by atoms with Gasteiger partial charge in [0.25, 0.3) is 0 Å². The Morgan fingerprint density at radius 2 is 2.03 bits per heavy atom. The molecular formula is C23H23F3N4O3. The van der Waals surface area contributed by atoms with Gasteiger partial charge in [0, 0.05) is 37.3 Å². The SMILES string of the molecule is COC1=C(C(NC(=O)Nc2cccc(C(F)(F)F)c2)c2ccc(C3CN3)cn2)C(=O)CCC1. The first-order chi connectivity index (χ1) is 15.8. The van der Waals surface area contributed by atoms with E-state index in [1.54, 1.807) is 12.3 Å². The molecule has 1 aromatic heterocycles. The molecule has 2 atom stereocenters. The minimum atomic E-state index is -4.54. The first kappa shape index (κ1) is 22.8. The van der Waals surface area contributed by atoms with Crippen molar-refractivity contribution in [2.45, 2.75) is 37.5 Å². The number of allylic oxidation sites excluding steroid dienone is 1. The molecule has 2 unspecified atom stereocenters. The number of urea groups is 1. The van der Waals surface area contributed by atoms with Crippen LogP contribution < -0.4 is 16.0 Å². The van der Waals surface area contributed by atoms with Gasteiger partial charge in [0.2, 0.25) is 0 Å². The third kappa shape index (κ3) is 5.33. The summed E-state index contributed by atoms with van der Waals surface area (Å²) in [6, 6.07) is 6.48. The van der Waals surface area contributed by atoms with Crippen LogP contribution in [0.25, 0.3) is 0 Å². The Kier molecular flexibility index (Phi) is 6.37. The van der Waals surface area contributed by atoms with Gasteiger partial charge in [-0.25, -0.2) is 4.79 Å². The van der Waals surface area contributed by atoms with E-state index in [1.807, 2.05) is 6.07 Å². The van der Waals surface area contributed by atoms with Crippen molar-refractivity contribution in [1.82, 2.24) is 15.6 Å². The Morgan fingerprint density at radius 1 is 1.24 bits per heavy atom. The number of anilines is 1. The first-order valence-corrected chi connectivity index (χ1v) is 10.5. The first-order valence-electron chi connectivity index (χ1n) is 10.5. The molecule has 7 nitrogen and oxygen atoms in total. The third-order valence-corrected chi connectivity index (χ3v) is 5.58. The quantitative estimate of drug-likeness (QED) is 0.559. The summed E-state index contributed by atoms with van der Waals surface area (Å²) >= 11 is 0. The number of halogens is 3. The van der Waals surface area contributed by atoms with Crippen molar-refractivity contribution >= 4 is 17.5 Å². The Labute approximate surface area is 188 Å². The zero-order valence-electron chi connectivity index (χ0n) is 17.8. The molecule has 4 rings (SSSR count). The van der Waals surface area contributed by atoms with Crippen molar-refractivity contribution in [3.8, 4) is 0 Å². The van der Waals surface area contributed by atoms with E-state index < -0.39 is 23.8 Å². The molecule has 1 aromatic carbocycles. The van der Waals surface area contributed by atoms with Crippen LogP contribution >= 0.6 is 0 Å². The summed E-state index contributed by atoms with van der Waals surface area (Å²) < 4.78 is 44.4. The molecule has 10 heteroatoms. The van der Waals surface area contributed by atoms with Crippen LogP contribution in [0.1, 0.15) is 48.2 Å². The highest BCUT2D eigenvalue weighted by molar-refractivity contribution is 5.99. The Hall–Kier alpha value is -3.40. The number of carbonyl (C=O) groups excluding carboxylic acids is 2. The van der Waals surface area contributed by atoms with E-state index in [4.69, 9.17) is 4.74 Å². The summed E-state index contributed by atoms with van der Waals surface area (Å²) in [6.07, 6.45) is -1.38. The number of rotatable bonds is 6. The number of nitrogens with zero attached hydrogens (tertiary/aromatic N) is 1. The number of Topliss-reactive ketones (excluding diaryl/α,β-unsaturated/α-hetero) is 1. The van der Waals surface area contributed by atoms with Crippen LogP contribution in [0.5, 0.6) is 0 Å². The van der Waals surface area contributed by atoms with Crippen molar-refractivity contribution in [3.63, 3.8) is 0 Å². The van der Waals surface area contributed by atoms with E-state index in [0.717, 1.165) is 24.2 Å². The average Bonchev–Trinajstić information content (AvgIpc) is 3.63. The van der Waals surface area contributed by atoms with Gasteiger partial charge in [0.05, 0.1) is 23.9 Å². The average molecular weight is 460 g/mol. The normalized spacial score (nSPS) is 19.2. The number of aromatic nitrogens is 1. The van der Waals surface area contributed by atoms with Gasteiger partial charge in [-0.3, -0.25) is 9.78 Å². The molecule has 1 saturated heterocycles. The summed E-state index contributed by atoms with van der Waals surface area (Å²) in [5, 5.41) is 8.30. The molecule has 0 radical (unpaired) electrons. The molecule has 3 N–H and O–H groups in total. The fourth-order valence-corrected chi connectivity index (χ4v) is 3.82. The highest BCUT2D eigenvalue weighted by Crippen LogP contribution is 2.33. The van der Waals surface area contributed by atoms with E-state index in [1.165, 1.54) is 19.2 Å². The maximum Gasteiger partial charge on any atom is 0.416 e. The van der Waals surface area contributed by atoms with Crippen LogP contribution in [0.15, 0.2) is 53.9 Å². The predicted octanol–water partition coefficient (Wildman–Crippen LogP) is 4.26. The van der Waals surface area contributed by atoms with Crippen molar-refractivity contribution in [2.75, 3.05) is 19.0 Å². The van der Waals surface area contributed by atoms with E-state index >= 15 is 0 Å². The molecular weight excluding hydrogens is 437 g/mol. The number of ketones is 1. The monoisotopic (exact) mass is 460 g/mol. The second-order valence-corrected chi connectivity index (χ2v) is 7.90. The van der Waals surface area contributed by atoms with Crippen LogP contribution in [0.3, 0.4) is 0 Å². The van der Waals surface area contributed by atoms with E-state index in [9.17, 15) is 22.8 Å². The zero-order chi connectivity index (χ0) is 23.6. The van der Waals surface area contributed by atoms with E-state index in [2.05, 4.69) is 20.9 Å². The zero-order valence-corrected chi connectivity index (χ0v) is 17.8. The number of nitrogens with one attached hydrogen (secondary N) is 3. The number of hydrogen-bond donors (Lipinski definition) is 3. The smallest absolute Gasteiger partial charge is 0.416 e. The summed E-state index contributed by atoms with van der Waals surface area (Å²) in [7, 11) is 1.46. The minimum absolute atomic E-state index is 0.0277. The standard InChI is InChI=1S/C23H23F3N4O3/c1-33-19-7-3-6-18(31)20(19)21(16-9-8-13(11-27-16)17-12-28-17)30-22(32)29-15-5-2-4-14(10-15)23(24,25)26/h2,4-5,8-11,17,21,28H,3,6-7,12H2,1H3,(H2,29,30,32). The molecule has 33 heavy (non-hydrogen) atoms. The van der Waals surface area contributed by atoms with Gasteiger partial charge in [-0.05, 0) is 36.2 Å². The fourth-order valence-electron chi connectivity index (χ4n) is 3.82. The molecule has 0 bridgehead atoms. The molecule has 174 valence electrons. The van der Waals surface area contributed by atoms with Crippen LogP contribution in [-0.4, -0.2) is 30.5 Å². The van der Waals surface area contributed by atoms with Gasteiger partial charge in [0.1, 0.15) is 11.8 Å². The van der Waals surface area contributed by atoms with Crippen molar-refractivity contribution in [2.24, 2.45) is 0 Å². The summed E-state index contributed by atoms with van der Waals surface area (Å²) in [4.78, 5) is 30.0. The third-order valence-electron chi connectivity index (χ3n) is 5.58.